The Morgan fingerprint density at radius 3 is 2.36 bits per heavy atom. The quantitative estimate of drug-likeness (QED) is 0.854. The van der Waals surface area contributed by atoms with Crippen LogP contribution in [0.25, 0.3) is 0 Å². The Balaban J connectivity index is 2.42. The Morgan fingerprint density at radius 1 is 1.27 bits per heavy atom. The lowest BCUT2D eigenvalue weighted by Gasteiger charge is -2.26. The third kappa shape index (κ3) is 3.13. The van der Waals surface area contributed by atoms with Crippen LogP contribution in [0.3, 0.4) is 0 Å². The van der Waals surface area contributed by atoms with Crippen molar-refractivity contribution in [3.05, 3.63) is 46.7 Å². The average molecular weight is 313 g/mol. The highest BCUT2D eigenvalue weighted by Gasteiger charge is 2.34. The summed E-state index contributed by atoms with van der Waals surface area (Å²) >= 11 is 0. The van der Waals surface area contributed by atoms with Gasteiger partial charge in [-0.1, -0.05) is 12.1 Å². The van der Waals surface area contributed by atoms with Gasteiger partial charge in [-0.05, 0) is 24.6 Å². The van der Waals surface area contributed by atoms with E-state index in [4.69, 9.17) is 4.74 Å². The lowest BCUT2D eigenvalue weighted by molar-refractivity contribution is -0.138. The van der Waals surface area contributed by atoms with Crippen molar-refractivity contribution in [2.45, 2.75) is 25.4 Å². The number of hydrogen-bond acceptors (Lipinski definition) is 3. The molecular formula is C15H14F3NO3. The Hall–Kier alpha value is -2.31. The fourth-order valence-corrected chi connectivity index (χ4v) is 2.47. The monoisotopic (exact) mass is 313 g/mol. The molecule has 0 saturated carbocycles. The molecule has 0 bridgehead atoms. The number of halogens is 3. The predicted molar refractivity (Wildman–Crippen MR) is 71.7 cm³/mol. The second-order valence-corrected chi connectivity index (χ2v) is 4.95. The van der Waals surface area contributed by atoms with Gasteiger partial charge in [-0.15, -0.1) is 0 Å². The van der Waals surface area contributed by atoms with Gasteiger partial charge in [-0.2, -0.15) is 13.2 Å². The summed E-state index contributed by atoms with van der Waals surface area (Å²) in [5.74, 6) is -1.53. The first-order valence-corrected chi connectivity index (χ1v) is 6.50. The molecule has 1 aliphatic heterocycles. The van der Waals surface area contributed by atoms with Gasteiger partial charge in [0.25, 0.3) is 0 Å². The molecular weight excluding hydrogens is 299 g/mol. The van der Waals surface area contributed by atoms with E-state index in [0.717, 1.165) is 12.1 Å². The van der Waals surface area contributed by atoms with Gasteiger partial charge >= 0.3 is 12.1 Å². The molecule has 1 N–H and O–H groups in total. The van der Waals surface area contributed by atoms with Crippen LogP contribution in [-0.4, -0.2) is 19.0 Å². The van der Waals surface area contributed by atoms with Gasteiger partial charge in [0.2, 0.25) is 5.91 Å². The standard InChI is InChI=1S/C15H14F3NO3/c1-8-13(14(21)22-2)11(7-12(20)19-8)9-3-5-10(6-4-9)15(16,17)18/h3-6,11H,7H2,1-2H3,(H,19,20). The van der Waals surface area contributed by atoms with E-state index < -0.39 is 23.6 Å². The Kier molecular flexibility index (Phi) is 4.25. The maximum atomic E-state index is 12.6. The van der Waals surface area contributed by atoms with Gasteiger partial charge in [0.05, 0.1) is 18.2 Å². The SMILES string of the molecule is COC(=O)C1=C(C)NC(=O)CC1c1ccc(C(F)(F)F)cc1. The summed E-state index contributed by atoms with van der Waals surface area (Å²) in [7, 11) is 1.21. The molecule has 1 atom stereocenters. The Morgan fingerprint density at radius 2 is 1.86 bits per heavy atom. The van der Waals surface area contributed by atoms with Gasteiger partial charge in [0.15, 0.2) is 0 Å². The second-order valence-electron chi connectivity index (χ2n) is 4.95. The van der Waals surface area contributed by atoms with E-state index in [1.54, 1.807) is 6.92 Å². The van der Waals surface area contributed by atoms with Crippen LogP contribution in [0.5, 0.6) is 0 Å². The van der Waals surface area contributed by atoms with Crippen LogP contribution < -0.4 is 5.32 Å². The van der Waals surface area contributed by atoms with Crippen LogP contribution in [-0.2, 0) is 20.5 Å². The summed E-state index contributed by atoms with van der Waals surface area (Å²) < 4.78 is 42.5. The first kappa shape index (κ1) is 16.1. The van der Waals surface area contributed by atoms with Crippen LogP contribution in [0.15, 0.2) is 35.5 Å². The van der Waals surface area contributed by atoms with Crippen LogP contribution in [0, 0.1) is 0 Å². The van der Waals surface area contributed by atoms with Crippen molar-refractivity contribution in [2.75, 3.05) is 7.11 Å². The number of ether oxygens (including phenoxy) is 1. The summed E-state index contributed by atoms with van der Waals surface area (Å²) in [6, 6.07) is 4.43. The van der Waals surface area contributed by atoms with Crippen molar-refractivity contribution < 1.29 is 27.5 Å². The zero-order valence-corrected chi connectivity index (χ0v) is 12.0. The van der Waals surface area contributed by atoms with Crippen molar-refractivity contribution in [2.24, 2.45) is 0 Å². The molecule has 0 aromatic heterocycles. The average Bonchev–Trinajstić information content (AvgIpc) is 2.45. The van der Waals surface area contributed by atoms with Crippen molar-refractivity contribution in [1.82, 2.24) is 5.32 Å². The maximum Gasteiger partial charge on any atom is 0.416 e. The minimum atomic E-state index is -4.43. The molecule has 0 saturated heterocycles. The molecule has 1 amide bonds. The number of amides is 1. The van der Waals surface area contributed by atoms with E-state index in [1.807, 2.05) is 0 Å². The highest BCUT2D eigenvalue weighted by atomic mass is 19.4. The minimum absolute atomic E-state index is 0.0207. The number of allylic oxidation sites excluding steroid dienone is 1. The van der Waals surface area contributed by atoms with Crippen LogP contribution >= 0.6 is 0 Å². The molecule has 0 fully saturated rings. The number of carbonyl (C=O) groups excluding carboxylic acids is 2. The number of rotatable bonds is 2. The number of alkyl halides is 3. The van der Waals surface area contributed by atoms with Gasteiger partial charge < -0.3 is 10.1 Å². The number of esters is 1. The summed E-state index contributed by atoms with van der Waals surface area (Å²) in [6.07, 6.45) is -4.45. The third-order valence-corrected chi connectivity index (χ3v) is 3.51. The molecule has 1 aromatic rings. The van der Waals surface area contributed by atoms with Crippen molar-refractivity contribution in [3.8, 4) is 0 Å². The predicted octanol–water partition coefficient (Wildman–Crippen LogP) is 2.76. The minimum Gasteiger partial charge on any atom is -0.466 e. The molecule has 1 heterocycles. The number of methoxy groups -OCH3 is 1. The molecule has 0 spiro atoms. The lowest BCUT2D eigenvalue weighted by Crippen LogP contribution is -2.34. The molecule has 1 aromatic carbocycles. The molecule has 1 unspecified atom stereocenters. The number of nitrogens with one attached hydrogen (secondary N) is 1. The zero-order chi connectivity index (χ0) is 16.5. The molecule has 0 aliphatic carbocycles. The second kappa shape index (κ2) is 5.82. The zero-order valence-electron chi connectivity index (χ0n) is 12.0. The number of hydrogen-bond donors (Lipinski definition) is 1. The van der Waals surface area contributed by atoms with E-state index in [-0.39, 0.29) is 17.9 Å². The first-order valence-electron chi connectivity index (χ1n) is 6.50. The summed E-state index contributed by atoms with van der Waals surface area (Å²) in [4.78, 5) is 23.5. The van der Waals surface area contributed by atoms with E-state index in [1.165, 1.54) is 19.2 Å². The number of benzene rings is 1. The van der Waals surface area contributed by atoms with Crippen LogP contribution in [0.1, 0.15) is 30.4 Å². The summed E-state index contributed by atoms with van der Waals surface area (Å²) in [5.41, 5.74) is 0.286. The van der Waals surface area contributed by atoms with Gasteiger partial charge in [-0.25, -0.2) is 4.79 Å². The molecule has 22 heavy (non-hydrogen) atoms. The normalized spacial score (nSPS) is 19.0. The first-order chi connectivity index (χ1) is 10.2. The van der Waals surface area contributed by atoms with Crippen LogP contribution in [0.2, 0.25) is 0 Å². The van der Waals surface area contributed by atoms with Gasteiger partial charge in [-0.3, -0.25) is 4.79 Å². The van der Waals surface area contributed by atoms with E-state index in [2.05, 4.69) is 5.32 Å². The Bertz CT molecular complexity index is 632. The maximum absolute atomic E-state index is 12.6. The summed E-state index contributed by atoms with van der Waals surface area (Å²) in [6.45, 7) is 1.56. The largest absolute Gasteiger partial charge is 0.466 e. The smallest absolute Gasteiger partial charge is 0.416 e. The van der Waals surface area contributed by atoms with Crippen molar-refractivity contribution in [1.29, 1.82) is 0 Å². The molecule has 118 valence electrons. The fourth-order valence-electron chi connectivity index (χ4n) is 2.47. The van der Waals surface area contributed by atoms with E-state index in [0.29, 0.717) is 11.3 Å². The van der Waals surface area contributed by atoms with Gasteiger partial charge in [0.1, 0.15) is 0 Å². The molecule has 4 nitrogen and oxygen atoms in total. The van der Waals surface area contributed by atoms with E-state index in [9.17, 15) is 22.8 Å². The van der Waals surface area contributed by atoms with Crippen molar-refractivity contribution in [3.63, 3.8) is 0 Å². The molecule has 0 radical (unpaired) electrons. The third-order valence-electron chi connectivity index (χ3n) is 3.51. The van der Waals surface area contributed by atoms with Crippen molar-refractivity contribution >= 4 is 11.9 Å². The molecule has 1 aliphatic rings. The molecule has 2 rings (SSSR count). The van der Waals surface area contributed by atoms with E-state index >= 15 is 0 Å². The number of carbonyl (C=O) groups is 2. The topological polar surface area (TPSA) is 55.4 Å². The molecule has 7 heteroatoms. The fraction of sp³-hybridized carbons (Fsp3) is 0.333. The van der Waals surface area contributed by atoms with Gasteiger partial charge in [0, 0.05) is 18.0 Å². The van der Waals surface area contributed by atoms with Crippen LogP contribution in [0.4, 0.5) is 13.2 Å². The Labute approximate surface area is 125 Å². The highest BCUT2D eigenvalue weighted by molar-refractivity contribution is 5.95. The lowest BCUT2D eigenvalue weighted by atomic mass is 9.84. The summed E-state index contributed by atoms with van der Waals surface area (Å²) in [5, 5.41) is 2.54. The highest BCUT2D eigenvalue weighted by Crippen LogP contribution is 2.35.